The molecule has 3 N–H and O–H groups in total. The molecule has 1 aliphatic heterocycles. The lowest BCUT2D eigenvalue weighted by Gasteiger charge is -2.29. The Morgan fingerprint density at radius 1 is 1.29 bits per heavy atom. The van der Waals surface area contributed by atoms with E-state index < -0.39 is 12.0 Å². The molecule has 0 aromatic carbocycles. The number of carbonyl (C=O) groups is 2. The van der Waals surface area contributed by atoms with Crippen LogP contribution >= 0.6 is 0 Å². The zero-order valence-corrected chi connectivity index (χ0v) is 10.2. The standard InChI is InChI=1S/C11H21N3O3/c1-9(8-14-5-3-2-4-6-14)13-11(17)12-7-10(15)16/h9H,2-8H2,1H3,(H,15,16)(H2,12,13,17). The minimum absolute atomic E-state index is 0.0295. The first kappa shape index (κ1) is 13.8. The summed E-state index contributed by atoms with van der Waals surface area (Å²) < 4.78 is 0. The SMILES string of the molecule is CC(CN1CCCCC1)NC(=O)NCC(=O)O. The highest BCUT2D eigenvalue weighted by atomic mass is 16.4. The summed E-state index contributed by atoms with van der Waals surface area (Å²) in [6.07, 6.45) is 3.73. The molecule has 0 bridgehead atoms. The molecule has 0 aromatic heterocycles. The number of amides is 2. The molecule has 0 aliphatic carbocycles. The van der Waals surface area contributed by atoms with E-state index in [4.69, 9.17) is 5.11 Å². The third-order valence-corrected chi connectivity index (χ3v) is 2.76. The Kier molecular flexibility index (Phi) is 5.76. The number of rotatable bonds is 5. The second-order valence-corrected chi connectivity index (χ2v) is 4.48. The second-order valence-electron chi connectivity index (χ2n) is 4.48. The van der Waals surface area contributed by atoms with Gasteiger partial charge >= 0.3 is 12.0 Å². The fourth-order valence-corrected chi connectivity index (χ4v) is 2.01. The molecule has 1 fully saturated rings. The van der Waals surface area contributed by atoms with Crippen LogP contribution in [-0.2, 0) is 4.79 Å². The molecule has 1 rings (SSSR count). The van der Waals surface area contributed by atoms with Crippen LogP contribution in [0, 0.1) is 0 Å². The lowest BCUT2D eigenvalue weighted by atomic mass is 10.1. The molecular weight excluding hydrogens is 222 g/mol. The summed E-state index contributed by atoms with van der Waals surface area (Å²) in [5.41, 5.74) is 0. The van der Waals surface area contributed by atoms with Gasteiger partial charge in [-0.2, -0.15) is 0 Å². The molecule has 98 valence electrons. The monoisotopic (exact) mass is 243 g/mol. The summed E-state index contributed by atoms with van der Waals surface area (Å²) in [6.45, 7) is 4.57. The highest BCUT2D eigenvalue weighted by Crippen LogP contribution is 2.08. The van der Waals surface area contributed by atoms with Crippen LogP contribution in [-0.4, -0.2) is 54.2 Å². The van der Waals surface area contributed by atoms with Gasteiger partial charge in [0.1, 0.15) is 6.54 Å². The number of hydrogen-bond acceptors (Lipinski definition) is 3. The van der Waals surface area contributed by atoms with Crippen LogP contribution in [0.25, 0.3) is 0 Å². The molecule has 1 atom stereocenters. The van der Waals surface area contributed by atoms with Crippen molar-refractivity contribution in [3.05, 3.63) is 0 Å². The average molecular weight is 243 g/mol. The first-order chi connectivity index (χ1) is 8.08. The van der Waals surface area contributed by atoms with Crippen LogP contribution in [0.1, 0.15) is 26.2 Å². The molecule has 6 heteroatoms. The van der Waals surface area contributed by atoms with E-state index in [-0.39, 0.29) is 12.6 Å². The van der Waals surface area contributed by atoms with Gasteiger partial charge in [-0.3, -0.25) is 4.79 Å². The molecule has 0 saturated carbocycles. The van der Waals surface area contributed by atoms with E-state index >= 15 is 0 Å². The summed E-state index contributed by atoms with van der Waals surface area (Å²) in [5, 5.41) is 13.4. The molecular formula is C11H21N3O3. The minimum atomic E-state index is -1.04. The summed E-state index contributed by atoms with van der Waals surface area (Å²) in [6, 6.07) is -0.390. The van der Waals surface area contributed by atoms with Crippen LogP contribution in [0.2, 0.25) is 0 Å². The molecule has 6 nitrogen and oxygen atoms in total. The number of nitrogens with one attached hydrogen (secondary N) is 2. The first-order valence-electron chi connectivity index (χ1n) is 6.06. The van der Waals surface area contributed by atoms with Gasteiger partial charge in [0.05, 0.1) is 0 Å². The quantitative estimate of drug-likeness (QED) is 0.646. The predicted molar refractivity (Wildman–Crippen MR) is 63.9 cm³/mol. The fourth-order valence-electron chi connectivity index (χ4n) is 2.01. The lowest BCUT2D eigenvalue weighted by molar-refractivity contribution is -0.135. The lowest BCUT2D eigenvalue weighted by Crippen LogP contribution is -2.48. The number of nitrogens with zero attached hydrogens (tertiary/aromatic N) is 1. The maximum atomic E-state index is 11.3. The van der Waals surface area contributed by atoms with Crippen molar-refractivity contribution in [2.24, 2.45) is 0 Å². The van der Waals surface area contributed by atoms with Gasteiger partial charge in [0, 0.05) is 12.6 Å². The van der Waals surface area contributed by atoms with Crippen LogP contribution < -0.4 is 10.6 Å². The maximum absolute atomic E-state index is 11.3. The number of piperidine rings is 1. The molecule has 1 unspecified atom stereocenters. The van der Waals surface area contributed by atoms with E-state index in [2.05, 4.69) is 15.5 Å². The van der Waals surface area contributed by atoms with E-state index in [0.717, 1.165) is 19.6 Å². The highest BCUT2D eigenvalue weighted by molar-refractivity contribution is 5.79. The van der Waals surface area contributed by atoms with Crippen molar-refractivity contribution in [3.8, 4) is 0 Å². The van der Waals surface area contributed by atoms with Gasteiger partial charge < -0.3 is 20.6 Å². The highest BCUT2D eigenvalue weighted by Gasteiger charge is 2.14. The number of carboxylic acids is 1. The number of carbonyl (C=O) groups excluding carboxylic acids is 1. The van der Waals surface area contributed by atoms with Crippen molar-refractivity contribution in [2.75, 3.05) is 26.2 Å². The van der Waals surface area contributed by atoms with E-state index in [0.29, 0.717) is 0 Å². The van der Waals surface area contributed by atoms with E-state index in [1.807, 2.05) is 6.92 Å². The molecule has 0 spiro atoms. The summed E-state index contributed by atoms with van der Waals surface area (Å²) in [4.78, 5) is 23.9. The van der Waals surface area contributed by atoms with Crippen LogP contribution in [0.5, 0.6) is 0 Å². The average Bonchev–Trinajstić information content (AvgIpc) is 2.27. The van der Waals surface area contributed by atoms with Gasteiger partial charge in [-0.1, -0.05) is 6.42 Å². The Hall–Kier alpha value is -1.30. The van der Waals surface area contributed by atoms with E-state index in [1.165, 1.54) is 19.3 Å². The van der Waals surface area contributed by atoms with Crippen molar-refractivity contribution in [3.63, 3.8) is 0 Å². The van der Waals surface area contributed by atoms with E-state index in [9.17, 15) is 9.59 Å². The predicted octanol–water partition coefficient (Wildman–Crippen LogP) is 0.245. The Balaban J connectivity index is 2.16. The van der Waals surface area contributed by atoms with Crippen molar-refractivity contribution >= 4 is 12.0 Å². The molecule has 1 saturated heterocycles. The normalized spacial score (nSPS) is 18.4. The van der Waals surface area contributed by atoms with E-state index in [1.54, 1.807) is 0 Å². The Morgan fingerprint density at radius 3 is 2.53 bits per heavy atom. The van der Waals surface area contributed by atoms with Crippen LogP contribution in [0.15, 0.2) is 0 Å². The van der Waals surface area contributed by atoms with Crippen molar-refractivity contribution in [1.82, 2.24) is 15.5 Å². The topological polar surface area (TPSA) is 81.7 Å². The van der Waals surface area contributed by atoms with Crippen LogP contribution in [0.4, 0.5) is 4.79 Å². The Bertz CT molecular complexity index is 265. The van der Waals surface area contributed by atoms with Gasteiger partial charge in [-0.15, -0.1) is 0 Å². The zero-order valence-electron chi connectivity index (χ0n) is 10.2. The maximum Gasteiger partial charge on any atom is 0.323 e. The molecule has 2 amide bonds. The largest absolute Gasteiger partial charge is 0.480 e. The molecule has 0 radical (unpaired) electrons. The first-order valence-corrected chi connectivity index (χ1v) is 6.06. The molecule has 17 heavy (non-hydrogen) atoms. The fraction of sp³-hybridized carbons (Fsp3) is 0.818. The van der Waals surface area contributed by atoms with Gasteiger partial charge in [0.2, 0.25) is 0 Å². The van der Waals surface area contributed by atoms with Crippen molar-refractivity contribution in [1.29, 1.82) is 0 Å². The van der Waals surface area contributed by atoms with Crippen molar-refractivity contribution in [2.45, 2.75) is 32.2 Å². The number of hydrogen-bond donors (Lipinski definition) is 3. The molecule has 0 aromatic rings. The third-order valence-electron chi connectivity index (χ3n) is 2.76. The Labute approximate surface area is 101 Å². The van der Waals surface area contributed by atoms with Gasteiger partial charge in [-0.05, 0) is 32.9 Å². The minimum Gasteiger partial charge on any atom is -0.480 e. The number of urea groups is 1. The molecule has 1 aliphatic rings. The smallest absolute Gasteiger partial charge is 0.323 e. The number of likely N-dealkylation sites (tertiary alicyclic amines) is 1. The van der Waals surface area contributed by atoms with Gasteiger partial charge in [0.25, 0.3) is 0 Å². The summed E-state index contributed by atoms with van der Waals surface area (Å²) >= 11 is 0. The summed E-state index contributed by atoms with van der Waals surface area (Å²) in [7, 11) is 0. The number of aliphatic carboxylic acids is 1. The zero-order chi connectivity index (χ0) is 12.7. The summed E-state index contributed by atoms with van der Waals surface area (Å²) in [5.74, 6) is -1.04. The van der Waals surface area contributed by atoms with Crippen LogP contribution in [0.3, 0.4) is 0 Å². The van der Waals surface area contributed by atoms with Gasteiger partial charge in [-0.25, -0.2) is 4.79 Å². The second kappa shape index (κ2) is 7.11. The third kappa shape index (κ3) is 6.11. The van der Waals surface area contributed by atoms with Gasteiger partial charge in [0.15, 0.2) is 0 Å². The Morgan fingerprint density at radius 2 is 1.94 bits per heavy atom. The number of carboxylic acid groups (broad SMARTS) is 1. The molecule has 1 heterocycles. The van der Waals surface area contributed by atoms with Crippen molar-refractivity contribution < 1.29 is 14.7 Å².